The summed E-state index contributed by atoms with van der Waals surface area (Å²) in [6.45, 7) is 3.12. The van der Waals surface area contributed by atoms with E-state index in [0.717, 1.165) is 5.56 Å². The van der Waals surface area contributed by atoms with Gasteiger partial charge in [0.15, 0.2) is 0 Å². The van der Waals surface area contributed by atoms with E-state index in [1.807, 2.05) is 19.1 Å². The minimum absolute atomic E-state index is 0.0681. The Morgan fingerprint density at radius 1 is 1.25 bits per heavy atom. The number of rotatable bonds is 5. The minimum Gasteiger partial charge on any atom is -0.337 e. The normalized spacial score (nSPS) is 10.2. The average Bonchev–Trinajstić information content (AvgIpc) is 2.48. The summed E-state index contributed by atoms with van der Waals surface area (Å²) in [7, 11) is 0. The fourth-order valence-corrected chi connectivity index (χ4v) is 1.92. The highest BCUT2D eigenvalue weighted by atomic mass is 16.2. The van der Waals surface area contributed by atoms with Crippen LogP contribution in [0.2, 0.25) is 0 Å². The van der Waals surface area contributed by atoms with E-state index in [-0.39, 0.29) is 18.0 Å². The third-order valence-corrected chi connectivity index (χ3v) is 3.06. The van der Waals surface area contributed by atoms with Gasteiger partial charge in [0.1, 0.15) is 6.54 Å². The maximum absolute atomic E-state index is 12.3. The van der Waals surface area contributed by atoms with Crippen molar-refractivity contribution in [1.82, 2.24) is 14.5 Å². The zero-order valence-electron chi connectivity index (χ0n) is 11.4. The molecule has 0 bridgehead atoms. The van der Waals surface area contributed by atoms with Crippen molar-refractivity contribution in [3.63, 3.8) is 0 Å². The molecule has 5 nitrogen and oxygen atoms in total. The molecule has 2 aromatic heterocycles. The summed E-state index contributed by atoms with van der Waals surface area (Å²) < 4.78 is 1.41. The van der Waals surface area contributed by atoms with Gasteiger partial charge in [-0.3, -0.25) is 14.6 Å². The van der Waals surface area contributed by atoms with E-state index in [9.17, 15) is 9.59 Å². The van der Waals surface area contributed by atoms with Crippen LogP contribution < -0.4 is 5.56 Å². The predicted molar refractivity (Wildman–Crippen MR) is 76.0 cm³/mol. The number of likely N-dealkylation sites (N-methyl/N-ethyl adjacent to an activating group) is 1. The quantitative estimate of drug-likeness (QED) is 0.823. The van der Waals surface area contributed by atoms with Crippen LogP contribution in [0.15, 0.2) is 53.7 Å². The molecule has 0 aliphatic heterocycles. The summed E-state index contributed by atoms with van der Waals surface area (Å²) in [5.74, 6) is -0.0717. The topological polar surface area (TPSA) is 55.2 Å². The van der Waals surface area contributed by atoms with Gasteiger partial charge in [0.25, 0.3) is 5.56 Å². The molecule has 0 radical (unpaired) electrons. The van der Waals surface area contributed by atoms with Crippen LogP contribution in [-0.2, 0) is 17.9 Å². The molecule has 0 atom stereocenters. The lowest BCUT2D eigenvalue weighted by atomic mass is 10.2. The molecule has 0 fully saturated rings. The summed E-state index contributed by atoms with van der Waals surface area (Å²) in [4.78, 5) is 29.5. The van der Waals surface area contributed by atoms with Crippen LogP contribution in [0.5, 0.6) is 0 Å². The van der Waals surface area contributed by atoms with Crippen LogP contribution in [0, 0.1) is 0 Å². The van der Waals surface area contributed by atoms with Gasteiger partial charge in [-0.05, 0) is 30.7 Å². The molecule has 0 saturated heterocycles. The van der Waals surface area contributed by atoms with E-state index in [1.54, 1.807) is 35.6 Å². The van der Waals surface area contributed by atoms with Crippen molar-refractivity contribution in [2.24, 2.45) is 0 Å². The van der Waals surface area contributed by atoms with Gasteiger partial charge in [0, 0.05) is 37.7 Å². The number of aromatic nitrogens is 2. The number of pyridine rings is 2. The second-order valence-corrected chi connectivity index (χ2v) is 4.43. The molecule has 20 heavy (non-hydrogen) atoms. The molecule has 0 aliphatic carbocycles. The van der Waals surface area contributed by atoms with E-state index in [2.05, 4.69) is 4.98 Å². The van der Waals surface area contributed by atoms with E-state index < -0.39 is 0 Å². The van der Waals surface area contributed by atoms with Crippen LogP contribution in [0.3, 0.4) is 0 Å². The minimum atomic E-state index is -0.166. The van der Waals surface area contributed by atoms with Gasteiger partial charge in [0.05, 0.1) is 0 Å². The van der Waals surface area contributed by atoms with Gasteiger partial charge < -0.3 is 9.47 Å². The molecular weight excluding hydrogens is 254 g/mol. The summed E-state index contributed by atoms with van der Waals surface area (Å²) >= 11 is 0. The molecule has 104 valence electrons. The van der Waals surface area contributed by atoms with Crippen molar-refractivity contribution in [1.29, 1.82) is 0 Å². The van der Waals surface area contributed by atoms with Crippen molar-refractivity contribution in [3.05, 3.63) is 64.8 Å². The molecule has 0 unspecified atom stereocenters. The van der Waals surface area contributed by atoms with E-state index in [4.69, 9.17) is 0 Å². The Bertz CT molecular complexity index is 622. The average molecular weight is 271 g/mol. The Balaban J connectivity index is 2.06. The highest BCUT2D eigenvalue weighted by Gasteiger charge is 2.13. The monoisotopic (exact) mass is 271 g/mol. The van der Waals surface area contributed by atoms with Crippen LogP contribution in [0.1, 0.15) is 12.5 Å². The highest BCUT2D eigenvalue weighted by molar-refractivity contribution is 5.76. The predicted octanol–water partition coefficient (Wildman–Crippen LogP) is 1.29. The Kier molecular flexibility index (Phi) is 4.65. The van der Waals surface area contributed by atoms with E-state index >= 15 is 0 Å². The van der Waals surface area contributed by atoms with Gasteiger partial charge in [0.2, 0.25) is 5.91 Å². The van der Waals surface area contributed by atoms with Crippen LogP contribution in [0.4, 0.5) is 0 Å². The first-order valence-electron chi connectivity index (χ1n) is 6.53. The molecule has 2 rings (SSSR count). The standard InChI is InChI=1S/C15H17N3O2/c1-2-17(11-13-6-8-16-9-7-13)15(20)12-18-10-4-3-5-14(18)19/h3-10H,2,11-12H2,1H3. The van der Waals surface area contributed by atoms with Gasteiger partial charge in [-0.2, -0.15) is 0 Å². The first-order valence-corrected chi connectivity index (χ1v) is 6.53. The molecule has 0 spiro atoms. The van der Waals surface area contributed by atoms with E-state index in [0.29, 0.717) is 13.1 Å². The third-order valence-electron chi connectivity index (χ3n) is 3.06. The maximum atomic E-state index is 12.3. The van der Waals surface area contributed by atoms with Crippen molar-refractivity contribution in [2.45, 2.75) is 20.0 Å². The molecule has 0 saturated carbocycles. The SMILES string of the molecule is CCN(Cc1ccncc1)C(=O)Cn1ccccc1=O. The van der Waals surface area contributed by atoms with Crippen molar-refractivity contribution >= 4 is 5.91 Å². The number of carbonyl (C=O) groups excluding carboxylic acids is 1. The van der Waals surface area contributed by atoms with Gasteiger partial charge in [-0.15, -0.1) is 0 Å². The first kappa shape index (κ1) is 14.0. The smallest absolute Gasteiger partial charge is 0.250 e. The second-order valence-electron chi connectivity index (χ2n) is 4.43. The van der Waals surface area contributed by atoms with Gasteiger partial charge in [-0.1, -0.05) is 6.07 Å². The Morgan fingerprint density at radius 2 is 2.00 bits per heavy atom. The molecule has 2 aromatic rings. The Labute approximate surface area is 117 Å². The van der Waals surface area contributed by atoms with Crippen LogP contribution in [0.25, 0.3) is 0 Å². The summed E-state index contributed by atoms with van der Waals surface area (Å²) in [6, 6.07) is 8.62. The first-order chi connectivity index (χ1) is 9.70. The van der Waals surface area contributed by atoms with Gasteiger partial charge in [-0.25, -0.2) is 0 Å². The highest BCUT2D eigenvalue weighted by Crippen LogP contribution is 2.04. The largest absolute Gasteiger partial charge is 0.337 e. The van der Waals surface area contributed by atoms with Crippen LogP contribution in [-0.4, -0.2) is 26.9 Å². The van der Waals surface area contributed by atoms with Crippen molar-refractivity contribution in [2.75, 3.05) is 6.54 Å². The lowest BCUT2D eigenvalue weighted by molar-refractivity contribution is -0.132. The second kappa shape index (κ2) is 6.65. The molecule has 1 amide bonds. The fraction of sp³-hybridized carbons (Fsp3) is 0.267. The Hall–Kier alpha value is -2.43. The molecular formula is C15H17N3O2. The molecule has 0 N–H and O–H groups in total. The number of carbonyl (C=O) groups is 1. The number of hydrogen-bond donors (Lipinski definition) is 0. The zero-order chi connectivity index (χ0) is 14.4. The Morgan fingerprint density at radius 3 is 2.65 bits per heavy atom. The summed E-state index contributed by atoms with van der Waals surface area (Å²) in [6.07, 6.45) is 5.03. The number of hydrogen-bond acceptors (Lipinski definition) is 3. The van der Waals surface area contributed by atoms with Crippen LogP contribution >= 0.6 is 0 Å². The molecule has 5 heteroatoms. The van der Waals surface area contributed by atoms with E-state index in [1.165, 1.54) is 10.6 Å². The third kappa shape index (κ3) is 3.54. The number of nitrogens with zero attached hydrogens (tertiary/aromatic N) is 3. The maximum Gasteiger partial charge on any atom is 0.250 e. The fourth-order valence-electron chi connectivity index (χ4n) is 1.92. The molecule has 2 heterocycles. The number of amides is 1. The lowest BCUT2D eigenvalue weighted by Crippen LogP contribution is -2.35. The molecule has 0 aromatic carbocycles. The van der Waals surface area contributed by atoms with Crippen molar-refractivity contribution < 1.29 is 4.79 Å². The molecule has 0 aliphatic rings. The van der Waals surface area contributed by atoms with Crippen molar-refractivity contribution in [3.8, 4) is 0 Å². The summed E-state index contributed by atoms with van der Waals surface area (Å²) in [5.41, 5.74) is 0.858. The van der Waals surface area contributed by atoms with Gasteiger partial charge >= 0.3 is 0 Å². The summed E-state index contributed by atoms with van der Waals surface area (Å²) in [5, 5.41) is 0. The zero-order valence-corrected chi connectivity index (χ0v) is 11.4. The lowest BCUT2D eigenvalue weighted by Gasteiger charge is -2.21.